The molecule has 0 aromatic heterocycles. The van der Waals surface area contributed by atoms with Gasteiger partial charge in [-0.3, -0.25) is 0 Å². The first-order chi connectivity index (χ1) is 8.24. The number of hydrogen-bond donors (Lipinski definition) is 0. The van der Waals surface area contributed by atoms with Crippen LogP contribution in [0.15, 0.2) is 42.5 Å². The van der Waals surface area contributed by atoms with Gasteiger partial charge in [0.05, 0.1) is 12.7 Å². The van der Waals surface area contributed by atoms with Crippen molar-refractivity contribution in [3.8, 4) is 0 Å². The Labute approximate surface area is 103 Å². The van der Waals surface area contributed by atoms with Gasteiger partial charge in [0.2, 0.25) is 0 Å². The second kappa shape index (κ2) is 6.69. The lowest BCUT2D eigenvalue weighted by molar-refractivity contribution is -0.133. The van der Waals surface area contributed by atoms with Gasteiger partial charge in [0.25, 0.3) is 0 Å². The summed E-state index contributed by atoms with van der Waals surface area (Å²) in [6.45, 7) is 3.99. The lowest BCUT2D eigenvalue weighted by atomic mass is 9.97. The van der Waals surface area contributed by atoms with E-state index >= 15 is 0 Å². The third-order valence-electron chi connectivity index (χ3n) is 2.55. The molecule has 0 unspecified atom stereocenters. The van der Waals surface area contributed by atoms with Gasteiger partial charge in [-0.1, -0.05) is 43.3 Å². The maximum absolute atomic E-state index is 11.8. The first-order valence-electron chi connectivity index (χ1n) is 5.74. The van der Waals surface area contributed by atoms with Gasteiger partial charge in [0.15, 0.2) is 0 Å². The van der Waals surface area contributed by atoms with Crippen molar-refractivity contribution >= 4 is 11.5 Å². The molecule has 0 spiro atoms. The number of carbonyl (C=O) groups is 1. The van der Waals surface area contributed by atoms with Crippen LogP contribution in [-0.2, 0) is 16.0 Å². The summed E-state index contributed by atoms with van der Waals surface area (Å²) < 4.78 is 4.82. The van der Waals surface area contributed by atoms with Gasteiger partial charge in [-0.15, -0.1) is 0 Å². The molecule has 1 rings (SSSR count). The molecule has 90 valence electrons. The number of allylic oxidation sites excluding steroid dienone is 3. The summed E-state index contributed by atoms with van der Waals surface area (Å²) in [5.41, 5.74) is 2.69. The fraction of sp³-hybridized carbons (Fsp3) is 0.267. The van der Waals surface area contributed by atoms with Crippen molar-refractivity contribution in [2.75, 3.05) is 7.11 Å². The minimum absolute atomic E-state index is 0.302. The first kappa shape index (κ1) is 13.2. The van der Waals surface area contributed by atoms with Crippen LogP contribution in [0.5, 0.6) is 0 Å². The fourth-order valence-corrected chi connectivity index (χ4v) is 1.66. The summed E-state index contributed by atoms with van der Waals surface area (Å²) >= 11 is 0. The van der Waals surface area contributed by atoms with Crippen LogP contribution < -0.4 is 0 Å². The topological polar surface area (TPSA) is 26.3 Å². The van der Waals surface area contributed by atoms with E-state index in [1.165, 1.54) is 7.11 Å². The van der Waals surface area contributed by atoms with Crippen LogP contribution in [0.4, 0.5) is 0 Å². The van der Waals surface area contributed by atoms with E-state index in [1.54, 1.807) is 6.08 Å². The molecule has 0 aliphatic carbocycles. The predicted molar refractivity (Wildman–Crippen MR) is 70.6 cm³/mol. The molecule has 0 aliphatic rings. The van der Waals surface area contributed by atoms with Crippen LogP contribution in [-0.4, -0.2) is 13.1 Å². The van der Waals surface area contributed by atoms with E-state index in [2.05, 4.69) is 6.92 Å². The van der Waals surface area contributed by atoms with Gasteiger partial charge in [-0.2, -0.15) is 0 Å². The second-order valence-electron chi connectivity index (χ2n) is 3.61. The Morgan fingerprint density at radius 1 is 1.35 bits per heavy atom. The third kappa shape index (κ3) is 3.31. The van der Waals surface area contributed by atoms with Crippen molar-refractivity contribution in [2.45, 2.75) is 20.3 Å². The van der Waals surface area contributed by atoms with Crippen LogP contribution in [0.3, 0.4) is 0 Å². The number of hydrogen-bond acceptors (Lipinski definition) is 2. The molecule has 0 bridgehead atoms. The molecule has 1 aromatic rings. The Hall–Kier alpha value is -1.83. The van der Waals surface area contributed by atoms with Gasteiger partial charge < -0.3 is 4.74 Å². The number of esters is 1. The Bertz CT molecular complexity index is 442. The number of ether oxygens (including phenoxy) is 1. The number of aryl methyl sites for hydroxylation is 1. The zero-order valence-corrected chi connectivity index (χ0v) is 10.6. The number of rotatable bonds is 4. The highest BCUT2D eigenvalue weighted by Gasteiger charge is 2.13. The molecule has 2 heteroatoms. The van der Waals surface area contributed by atoms with Crippen LogP contribution in [0.1, 0.15) is 25.0 Å². The van der Waals surface area contributed by atoms with Crippen LogP contribution in [0, 0.1) is 0 Å². The standard InChI is InChI=1S/C15H18O2/c1-4-6-10-14(15(16)17-3)13-11-8-7-9-12(13)5-2/h4,6-11H,5H2,1-3H3/b6-4+,14-10+. The lowest BCUT2D eigenvalue weighted by Crippen LogP contribution is -2.05. The third-order valence-corrected chi connectivity index (χ3v) is 2.55. The van der Waals surface area contributed by atoms with E-state index in [0.717, 1.165) is 17.5 Å². The van der Waals surface area contributed by atoms with Gasteiger partial charge >= 0.3 is 5.97 Å². The quantitative estimate of drug-likeness (QED) is 0.450. The van der Waals surface area contributed by atoms with Crippen LogP contribution >= 0.6 is 0 Å². The summed E-state index contributed by atoms with van der Waals surface area (Å²) in [6, 6.07) is 7.89. The molecule has 0 saturated carbocycles. The molecule has 0 amide bonds. The fourth-order valence-electron chi connectivity index (χ4n) is 1.66. The SMILES string of the molecule is C/C=C/C=C(/C(=O)OC)c1ccccc1CC. The van der Waals surface area contributed by atoms with Gasteiger partial charge in [-0.25, -0.2) is 4.79 Å². The van der Waals surface area contributed by atoms with E-state index in [9.17, 15) is 4.79 Å². The molecule has 1 aromatic carbocycles. The summed E-state index contributed by atoms with van der Waals surface area (Å²) in [6.07, 6.45) is 6.41. The predicted octanol–water partition coefficient (Wildman–Crippen LogP) is 3.38. The molecule has 0 radical (unpaired) electrons. The normalized spacial score (nSPS) is 11.8. The van der Waals surface area contributed by atoms with Gasteiger partial charge in [0.1, 0.15) is 0 Å². The number of benzene rings is 1. The molecule has 0 N–H and O–H groups in total. The summed E-state index contributed by atoms with van der Waals surface area (Å²) in [5.74, 6) is -0.302. The van der Waals surface area contributed by atoms with Crippen molar-refractivity contribution < 1.29 is 9.53 Å². The zero-order chi connectivity index (χ0) is 12.7. The highest BCUT2D eigenvalue weighted by Crippen LogP contribution is 2.21. The Balaban J connectivity index is 3.26. The summed E-state index contributed by atoms with van der Waals surface area (Å²) in [5, 5.41) is 0. The van der Waals surface area contributed by atoms with E-state index < -0.39 is 0 Å². The second-order valence-corrected chi connectivity index (χ2v) is 3.61. The highest BCUT2D eigenvalue weighted by atomic mass is 16.5. The van der Waals surface area contributed by atoms with E-state index in [4.69, 9.17) is 4.74 Å². The molecule has 0 saturated heterocycles. The average Bonchev–Trinajstić information content (AvgIpc) is 2.39. The Kier molecular flexibility index (Phi) is 5.21. The lowest BCUT2D eigenvalue weighted by Gasteiger charge is -2.09. The minimum atomic E-state index is -0.302. The van der Waals surface area contributed by atoms with E-state index in [1.807, 2.05) is 43.3 Å². The van der Waals surface area contributed by atoms with Crippen molar-refractivity contribution in [3.05, 3.63) is 53.6 Å². The van der Waals surface area contributed by atoms with E-state index in [0.29, 0.717) is 5.57 Å². The molecule has 0 atom stereocenters. The highest BCUT2D eigenvalue weighted by molar-refractivity contribution is 6.17. The summed E-state index contributed by atoms with van der Waals surface area (Å²) in [7, 11) is 1.40. The summed E-state index contributed by atoms with van der Waals surface area (Å²) in [4.78, 5) is 11.8. The molecule has 0 aliphatic heterocycles. The van der Waals surface area contributed by atoms with Crippen LogP contribution in [0.2, 0.25) is 0 Å². The molecule has 0 heterocycles. The monoisotopic (exact) mass is 230 g/mol. The van der Waals surface area contributed by atoms with Gasteiger partial charge in [-0.05, 0) is 30.5 Å². The average molecular weight is 230 g/mol. The maximum Gasteiger partial charge on any atom is 0.338 e. The first-order valence-corrected chi connectivity index (χ1v) is 5.74. The molecule has 2 nitrogen and oxygen atoms in total. The van der Waals surface area contributed by atoms with Gasteiger partial charge in [0, 0.05) is 0 Å². The largest absolute Gasteiger partial charge is 0.465 e. The van der Waals surface area contributed by atoms with Crippen LogP contribution in [0.25, 0.3) is 5.57 Å². The molecule has 0 fully saturated rings. The van der Waals surface area contributed by atoms with Crippen molar-refractivity contribution in [1.29, 1.82) is 0 Å². The smallest absolute Gasteiger partial charge is 0.338 e. The molecular weight excluding hydrogens is 212 g/mol. The zero-order valence-electron chi connectivity index (χ0n) is 10.6. The van der Waals surface area contributed by atoms with Crippen molar-refractivity contribution in [2.24, 2.45) is 0 Å². The Morgan fingerprint density at radius 3 is 2.65 bits per heavy atom. The molecule has 17 heavy (non-hydrogen) atoms. The number of carbonyl (C=O) groups excluding carboxylic acids is 1. The van der Waals surface area contributed by atoms with E-state index in [-0.39, 0.29) is 5.97 Å². The minimum Gasteiger partial charge on any atom is -0.465 e. The molecular formula is C15H18O2. The maximum atomic E-state index is 11.8. The van der Waals surface area contributed by atoms with Crippen molar-refractivity contribution in [1.82, 2.24) is 0 Å². The Morgan fingerprint density at radius 2 is 2.06 bits per heavy atom. The number of methoxy groups -OCH3 is 1. The van der Waals surface area contributed by atoms with Crippen molar-refractivity contribution in [3.63, 3.8) is 0 Å².